The van der Waals surface area contributed by atoms with Crippen LogP contribution in [-0.4, -0.2) is 30.5 Å². The molecule has 22 heavy (non-hydrogen) atoms. The molecule has 0 saturated carbocycles. The van der Waals surface area contributed by atoms with Gasteiger partial charge in [-0.1, -0.05) is 48.5 Å². The molecule has 0 radical (unpaired) electrons. The van der Waals surface area contributed by atoms with Crippen molar-refractivity contribution in [1.82, 2.24) is 4.90 Å². The van der Waals surface area contributed by atoms with Crippen molar-refractivity contribution in [2.75, 3.05) is 19.7 Å². The van der Waals surface area contributed by atoms with Crippen LogP contribution in [0.3, 0.4) is 0 Å². The van der Waals surface area contributed by atoms with Crippen molar-refractivity contribution >= 4 is 5.91 Å². The standard InChI is InChI=1S/C19H21NO2/c21-19-18(16-8-3-1-4-9-16)12-7-13-20(19)14-15-22-17-10-5-2-6-11-17/h1-6,8-11,18H,7,12-15H2. The van der Waals surface area contributed by atoms with Gasteiger partial charge in [0.1, 0.15) is 12.4 Å². The molecule has 1 saturated heterocycles. The van der Waals surface area contributed by atoms with Crippen LogP contribution in [0.1, 0.15) is 24.3 Å². The summed E-state index contributed by atoms with van der Waals surface area (Å²) < 4.78 is 5.70. The maximum atomic E-state index is 12.6. The van der Waals surface area contributed by atoms with E-state index in [0.717, 1.165) is 30.7 Å². The SMILES string of the molecule is O=C1C(c2ccccc2)CCCN1CCOc1ccccc1. The quantitative estimate of drug-likeness (QED) is 0.845. The Kier molecular flexibility index (Phi) is 4.74. The van der Waals surface area contributed by atoms with Crippen molar-refractivity contribution in [3.8, 4) is 5.75 Å². The normalized spacial score (nSPS) is 18.3. The van der Waals surface area contributed by atoms with Crippen LogP contribution in [0.15, 0.2) is 60.7 Å². The Balaban J connectivity index is 1.56. The summed E-state index contributed by atoms with van der Waals surface area (Å²) in [6.07, 6.45) is 2.00. The van der Waals surface area contributed by atoms with Gasteiger partial charge in [-0.25, -0.2) is 0 Å². The molecule has 0 aromatic heterocycles. The third kappa shape index (κ3) is 3.48. The lowest BCUT2D eigenvalue weighted by molar-refractivity contribution is -0.135. The van der Waals surface area contributed by atoms with Gasteiger partial charge in [0.05, 0.1) is 12.5 Å². The van der Waals surface area contributed by atoms with E-state index in [1.54, 1.807) is 0 Å². The third-order valence-electron chi connectivity index (χ3n) is 4.11. The van der Waals surface area contributed by atoms with Gasteiger partial charge >= 0.3 is 0 Å². The van der Waals surface area contributed by atoms with E-state index in [-0.39, 0.29) is 11.8 Å². The zero-order chi connectivity index (χ0) is 15.2. The van der Waals surface area contributed by atoms with Crippen molar-refractivity contribution in [2.24, 2.45) is 0 Å². The molecule has 1 amide bonds. The number of piperidine rings is 1. The fourth-order valence-electron chi connectivity index (χ4n) is 2.95. The molecule has 114 valence electrons. The minimum atomic E-state index is 0.00618. The van der Waals surface area contributed by atoms with E-state index >= 15 is 0 Å². The number of hydrogen-bond acceptors (Lipinski definition) is 2. The van der Waals surface area contributed by atoms with Gasteiger partial charge in [-0.05, 0) is 30.5 Å². The van der Waals surface area contributed by atoms with Crippen LogP contribution in [0, 0.1) is 0 Å². The average molecular weight is 295 g/mol. The van der Waals surface area contributed by atoms with E-state index in [1.807, 2.05) is 65.6 Å². The van der Waals surface area contributed by atoms with E-state index in [4.69, 9.17) is 4.74 Å². The minimum absolute atomic E-state index is 0.00618. The number of carbonyl (C=O) groups is 1. The maximum Gasteiger partial charge on any atom is 0.230 e. The van der Waals surface area contributed by atoms with Crippen LogP contribution < -0.4 is 4.74 Å². The number of likely N-dealkylation sites (tertiary alicyclic amines) is 1. The molecule has 1 aliphatic heterocycles. The smallest absolute Gasteiger partial charge is 0.230 e. The molecule has 0 spiro atoms. The predicted octanol–water partition coefficient (Wildman–Crippen LogP) is 3.47. The molecular weight excluding hydrogens is 274 g/mol. The lowest BCUT2D eigenvalue weighted by Crippen LogP contribution is -2.42. The minimum Gasteiger partial charge on any atom is -0.492 e. The second-order valence-corrected chi connectivity index (χ2v) is 5.59. The van der Waals surface area contributed by atoms with Crippen LogP contribution in [0.4, 0.5) is 0 Å². The van der Waals surface area contributed by atoms with E-state index in [2.05, 4.69) is 0 Å². The zero-order valence-electron chi connectivity index (χ0n) is 12.7. The number of para-hydroxylation sites is 1. The molecule has 3 rings (SSSR count). The van der Waals surface area contributed by atoms with Crippen molar-refractivity contribution in [2.45, 2.75) is 18.8 Å². The van der Waals surface area contributed by atoms with Gasteiger partial charge in [-0.15, -0.1) is 0 Å². The first-order chi connectivity index (χ1) is 10.8. The summed E-state index contributed by atoms with van der Waals surface area (Å²) in [5.41, 5.74) is 1.13. The average Bonchev–Trinajstić information content (AvgIpc) is 2.58. The Bertz CT molecular complexity index is 597. The highest BCUT2D eigenvalue weighted by Gasteiger charge is 2.29. The molecule has 3 heteroatoms. The molecule has 0 aliphatic carbocycles. The Morgan fingerprint density at radius 3 is 2.41 bits per heavy atom. The molecule has 1 aliphatic rings. The largest absolute Gasteiger partial charge is 0.492 e. The molecular formula is C19H21NO2. The number of benzene rings is 2. The zero-order valence-corrected chi connectivity index (χ0v) is 12.7. The van der Waals surface area contributed by atoms with Crippen LogP contribution in [0.25, 0.3) is 0 Å². The van der Waals surface area contributed by atoms with Gasteiger partial charge in [0.2, 0.25) is 5.91 Å². The summed E-state index contributed by atoms with van der Waals surface area (Å²) >= 11 is 0. The Morgan fingerprint density at radius 2 is 1.68 bits per heavy atom. The summed E-state index contributed by atoms with van der Waals surface area (Å²) in [5, 5.41) is 0. The number of rotatable bonds is 5. The summed E-state index contributed by atoms with van der Waals surface area (Å²) in [5.74, 6) is 1.09. The highest BCUT2D eigenvalue weighted by molar-refractivity contribution is 5.84. The Labute approximate surface area is 131 Å². The number of ether oxygens (including phenoxy) is 1. The number of nitrogens with zero attached hydrogens (tertiary/aromatic N) is 1. The van der Waals surface area contributed by atoms with Crippen LogP contribution in [0.2, 0.25) is 0 Å². The molecule has 2 aromatic carbocycles. The van der Waals surface area contributed by atoms with Crippen LogP contribution in [-0.2, 0) is 4.79 Å². The fraction of sp³-hybridized carbons (Fsp3) is 0.316. The van der Waals surface area contributed by atoms with Gasteiger partial charge in [0, 0.05) is 6.54 Å². The molecule has 3 nitrogen and oxygen atoms in total. The lowest BCUT2D eigenvalue weighted by Gasteiger charge is -2.32. The molecule has 1 fully saturated rings. The monoisotopic (exact) mass is 295 g/mol. The van der Waals surface area contributed by atoms with Crippen molar-refractivity contribution in [1.29, 1.82) is 0 Å². The first kappa shape index (κ1) is 14.6. The van der Waals surface area contributed by atoms with Crippen molar-refractivity contribution in [3.05, 3.63) is 66.2 Å². The van der Waals surface area contributed by atoms with Crippen LogP contribution in [0.5, 0.6) is 5.75 Å². The summed E-state index contributed by atoms with van der Waals surface area (Å²) in [7, 11) is 0. The molecule has 1 atom stereocenters. The highest BCUT2D eigenvalue weighted by Crippen LogP contribution is 2.27. The predicted molar refractivity (Wildman–Crippen MR) is 86.9 cm³/mol. The molecule has 0 N–H and O–H groups in total. The van der Waals surface area contributed by atoms with Gasteiger partial charge in [0.25, 0.3) is 0 Å². The van der Waals surface area contributed by atoms with Gasteiger partial charge < -0.3 is 9.64 Å². The third-order valence-corrected chi connectivity index (χ3v) is 4.11. The van der Waals surface area contributed by atoms with E-state index < -0.39 is 0 Å². The topological polar surface area (TPSA) is 29.5 Å². The molecule has 0 bridgehead atoms. The van der Waals surface area contributed by atoms with E-state index in [1.165, 1.54) is 0 Å². The first-order valence-corrected chi connectivity index (χ1v) is 7.86. The maximum absolute atomic E-state index is 12.6. The van der Waals surface area contributed by atoms with Gasteiger partial charge in [-0.3, -0.25) is 4.79 Å². The number of amides is 1. The van der Waals surface area contributed by atoms with E-state index in [0.29, 0.717) is 13.2 Å². The first-order valence-electron chi connectivity index (χ1n) is 7.86. The van der Waals surface area contributed by atoms with Gasteiger partial charge in [-0.2, -0.15) is 0 Å². The number of carbonyl (C=O) groups excluding carboxylic acids is 1. The summed E-state index contributed by atoms with van der Waals surface area (Å²) in [6.45, 7) is 2.02. The summed E-state index contributed by atoms with van der Waals surface area (Å²) in [4.78, 5) is 14.6. The lowest BCUT2D eigenvalue weighted by atomic mass is 9.90. The molecule has 1 unspecified atom stereocenters. The molecule has 1 heterocycles. The van der Waals surface area contributed by atoms with Crippen molar-refractivity contribution in [3.63, 3.8) is 0 Å². The second-order valence-electron chi connectivity index (χ2n) is 5.59. The van der Waals surface area contributed by atoms with Crippen molar-refractivity contribution < 1.29 is 9.53 Å². The molecule has 2 aromatic rings. The Morgan fingerprint density at radius 1 is 1.00 bits per heavy atom. The fourth-order valence-corrected chi connectivity index (χ4v) is 2.95. The highest BCUT2D eigenvalue weighted by atomic mass is 16.5. The van der Waals surface area contributed by atoms with Gasteiger partial charge in [0.15, 0.2) is 0 Å². The van der Waals surface area contributed by atoms with Crippen LogP contribution >= 0.6 is 0 Å². The Hall–Kier alpha value is -2.29. The second kappa shape index (κ2) is 7.12. The number of hydrogen-bond donors (Lipinski definition) is 0. The van der Waals surface area contributed by atoms with E-state index in [9.17, 15) is 4.79 Å². The summed E-state index contributed by atoms with van der Waals surface area (Å²) in [6, 6.07) is 19.8.